The fourth-order valence-electron chi connectivity index (χ4n) is 3.60. The first-order valence-electron chi connectivity index (χ1n) is 7.19. The molecule has 2 bridgehead atoms. The standard InChI is InChI=1S/C16H17NO4/c18-8-10(9-4-2-1-3-5-9)17-15(19)13-11-6-7-12(21-11)14(13)16(17)20/h1-5,10-12,18-20H,6-8H2/t10-,11-,12+/m1/s1. The molecule has 1 aromatic heterocycles. The predicted octanol–water partition coefficient (Wildman–Crippen LogP) is 2.39. The Balaban J connectivity index is 1.86. The SMILES string of the molecule is OC[C@H](c1ccccc1)n1c(O)c2c(c1O)[C@H]1CC[C@@H]2O1. The zero-order chi connectivity index (χ0) is 14.6. The maximum atomic E-state index is 10.5. The first-order valence-corrected chi connectivity index (χ1v) is 7.19. The summed E-state index contributed by atoms with van der Waals surface area (Å²) in [5.41, 5.74) is 2.23. The highest BCUT2D eigenvalue weighted by Crippen LogP contribution is 2.58. The molecule has 0 unspecified atom stereocenters. The third-order valence-electron chi connectivity index (χ3n) is 4.56. The van der Waals surface area contributed by atoms with Gasteiger partial charge in [-0.05, 0) is 18.4 Å². The van der Waals surface area contributed by atoms with Gasteiger partial charge < -0.3 is 20.1 Å². The Morgan fingerprint density at radius 1 is 1.05 bits per heavy atom. The lowest BCUT2D eigenvalue weighted by atomic mass is 9.95. The van der Waals surface area contributed by atoms with E-state index in [9.17, 15) is 15.3 Å². The average molecular weight is 287 g/mol. The van der Waals surface area contributed by atoms with E-state index in [0.717, 1.165) is 18.4 Å². The van der Waals surface area contributed by atoms with Gasteiger partial charge in [-0.15, -0.1) is 0 Å². The second kappa shape index (κ2) is 4.51. The van der Waals surface area contributed by atoms with E-state index in [0.29, 0.717) is 11.1 Å². The zero-order valence-electron chi connectivity index (χ0n) is 11.4. The second-order valence-electron chi connectivity index (χ2n) is 5.64. The number of hydrogen-bond donors (Lipinski definition) is 3. The first kappa shape index (κ1) is 12.7. The van der Waals surface area contributed by atoms with Crippen LogP contribution in [0.2, 0.25) is 0 Å². The van der Waals surface area contributed by atoms with Crippen molar-refractivity contribution in [2.75, 3.05) is 6.61 Å². The third-order valence-corrected chi connectivity index (χ3v) is 4.56. The van der Waals surface area contributed by atoms with Crippen LogP contribution in [-0.2, 0) is 4.74 Å². The van der Waals surface area contributed by atoms with Crippen LogP contribution in [0.15, 0.2) is 30.3 Å². The molecule has 1 saturated heterocycles. The Kier molecular flexibility index (Phi) is 2.74. The average Bonchev–Trinajstić information content (AvgIpc) is 3.18. The highest BCUT2D eigenvalue weighted by Gasteiger charge is 2.46. The van der Waals surface area contributed by atoms with Crippen molar-refractivity contribution in [3.05, 3.63) is 47.0 Å². The van der Waals surface area contributed by atoms with Gasteiger partial charge in [0.2, 0.25) is 11.8 Å². The minimum absolute atomic E-state index is 0.0117. The Morgan fingerprint density at radius 2 is 1.62 bits per heavy atom. The Morgan fingerprint density at radius 3 is 2.14 bits per heavy atom. The van der Waals surface area contributed by atoms with Crippen molar-refractivity contribution >= 4 is 0 Å². The molecule has 2 aromatic rings. The van der Waals surface area contributed by atoms with E-state index in [2.05, 4.69) is 0 Å². The number of benzene rings is 1. The van der Waals surface area contributed by atoms with Crippen LogP contribution < -0.4 is 0 Å². The number of aliphatic hydroxyl groups is 1. The first-order chi connectivity index (χ1) is 10.2. The molecule has 1 fully saturated rings. The van der Waals surface area contributed by atoms with Crippen LogP contribution in [0.1, 0.15) is 47.8 Å². The maximum Gasteiger partial charge on any atom is 0.200 e. The van der Waals surface area contributed by atoms with E-state index in [4.69, 9.17) is 4.74 Å². The van der Waals surface area contributed by atoms with Gasteiger partial charge in [-0.3, -0.25) is 4.57 Å². The number of aromatic nitrogens is 1. The van der Waals surface area contributed by atoms with Gasteiger partial charge in [-0.1, -0.05) is 30.3 Å². The lowest BCUT2D eigenvalue weighted by molar-refractivity contribution is 0.0672. The molecule has 3 heterocycles. The highest BCUT2D eigenvalue weighted by molar-refractivity contribution is 5.53. The van der Waals surface area contributed by atoms with Gasteiger partial charge in [-0.25, -0.2) is 0 Å². The monoisotopic (exact) mass is 287 g/mol. The van der Waals surface area contributed by atoms with E-state index in [-0.39, 0.29) is 30.6 Å². The molecule has 110 valence electrons. The third kappa shape index (κ3) is 1.65. The molecule has 2 aliphatic rings. The van der Waals surface area contributed by atoms with Crippen molar-refractivity contribution in [3.63, 3.8) is 0 Å². The zero-order valence-corrected chi connectivity index (χ0v) is 11.4. The van der Waals surface area contributed by atoms with Crippen molar-refractivity contribution in [2.45, 2.75) is 31.1 Å². The van der Waals surface area contributed by atoms with Crippen molar-refractivity contribution < 1.29 is 20.1 Å². The summed E-state index contributed by atoms with van der Waals surface area (Å²) in [6, 6.07) is 8.87. The topological polar surface area (TPSA) is 74.9 Å². The molecule has 3 atom stereocenters. The summed E-state index contributed by atoms with van der Waals surface area (Å²) in [4.78, 5) is 0. The van der Waals surface area contributed by atoms with Crippen LogP contribution in [0.4, 0.5) is 0 Å². The molecule has 5 nitrogen and oxygen atoms in total. The molecule has 0 amide bonds. The molecule has 3 N–H and O–H groups in total. The highest BCUT2D eigenvalue weighted by atomic mass is 16.5. The van der Waals surface area contributed by atoms with Crippen LogP contribution in [0.3, 0.4) is 0 Å². The van der Waals surface area contributed by atoms with E-state index in [1.165, 1.54) is 4.57 Å². The predicted molar refractivity (Wildman–Crippen MR) is 75.2 cm³/mol. The number of hydrogen-bond acceptors (Lipinski definition) is 4. The van der Waals surface area contributed by atoms with Crippen molar-refractivity contribution in [3.8, 4) is 11.8 Å². The van der Waals surface area contributed by atoms with Gasteiger partial charge in [0.05, 0.1) is 36.0 Å². The number of ether oxygens (including phenoxy) is 1. The van der Waals surface area contributed by atoms with Gasteiger partial charge in [0, 0.05) is 0 Å². The molecule has 5 heteroatoms. The van der Waals surface area contributed by atoms with E-state index in [1.807, 2.05) is 30.3 Å². The van der Waals surface area contributed by atoms with Crippen LogP contribution in [-0.4, -0.2) is 26.5 Å². The number of aliphatic hydroxyl groups excluding tert-OH is 1. The lowest BCUT2D eigenvalue weighted by Crippen LogP contribution is -2.14. The summed E-state index contributed by atoms with van der Waals surface area (Å²) in [6.45, 7) is -0.200. The van der Waals surface area contributed by atoms with Crippen LogP contribution >= 0.6 is 0 Å². The molecule has 0 spiro atoms. The number of nitrogens with zero attached hydrogens (tertiary/aromatic N) is 1. The minimum Gasteiger partial charge on any atom is -0.494 e. The fourth-order valence-corrected chi connectivity index (χ4v) is 3.60. The number of aromatic hydroxyl groups is 2. The van der Waals surface area contributed by atoms with Gasteiger partial charge >= 0.3 is 0 Å². The maximum absolute atomic E-state index is 10.5. The van der Waals surface area contributed by atoms with Gasteiger partial charge in [0.1, 0.15) is 0 Å². The molecule has 21 heavy (non-hydrogen) atoms. The van der Waals surface area contributed by atoms with Gasteiger partial charge in [0.25, 0.3) is 0 Å². The smallest absolute Gasteiger partial charge is 0.200 e. The molecular weight excluding hydrogens is 270 g/mol. The molecule has 0 radical (unpaired) electrons. The molecule has 0 aliphatic carbocycles. The minimum atomic E-state index is -0.504. The molecule has 1 aromatic carbocycles. The van der Waals surface area contributed by atoms with E-state index >= 15 is 0 Å². The molecule has 0 saturated carbocycles. The van der Waals surface area contributed by atoms with Crippen LogP contribution in [0.25, 0.3) is 0 Å². The van der Waals surface area contributed by atoms with Crippen molar-refractivity contribution in [1.82, 2.24) is 4.57 Å². The molecule has 4 rings (SSSR count). The summed E-state index contributed by atoms with van der Waals surface area (Å²) in [5.74, 6) is 0.0233. The Bertz CT molecular complexity index is 646. The van der Waals surface area contributed by atoms with E-state index in [1.54, 1.807) is 0 Å². The fraction of sp³-hybridized carbons (Fsp3) is 0.375. The molecular formula is C16H17NO4. The van der Waals surface area contributed by atoms with Gasteiger partial charge in [-0.2, -0.15) is 0 Å². The summed E-state index contributed by atoms with van der Waals surface area (Å²) in [5, 5.41) is 30.8. The Hall–Kier alpha value is -1.98. The normalized spacial score (nSPS) is 24.2. The van der Waals surface area contributed by atoms with Crippen molar-refractivity contribution in [1.29, 1.82) is 0 Å². The van der Waals surface area contributed by atoms with E-state index < -0.39 is 6.04 Å². The van der Waals surface area contributed by atoms with Crippen LogP contribution in [0, 0.1) is 0 Å². The summed E-state index contributed by atoms with van der Waals surface area (Å²) < 4.78 is 7.15. The lowest BCUT2D eigenvalue weighted by Gasteiger charge is -2.20. The second-order valence-corrected chi connectivity index (χ2v) is 5.64. The van der Waals surface area contributed by atoms with Crippen molar-refractivity contribution in [2.24, 2.45) is 0 Å². The summed E-state index contributed by atoms with van der Waals surface area (Å²) in [6.07, 6.45) is 1.47. The van der Waals surface area contributed by atoms with Crippen LogP contribution in [0.5, 0.6) is 11.8 Å². The Labute approximate surface area is 122 Å². The number of fused-ring (bicyclic) bond motifs is 5. The quantitative estimate of drug-likeness (QED) is 0.810. The van der Waals surface area contributed by atoms with Gasteiger partial charge in [0.15, 0.2) is 0 Å². The number of rotatable bonds is 3. The summed E-state index contributed by atoms with van der Waals surface area (Å²) >= 11 is 0. The molecule has 2 aliphatic heterocycles. The summed E-state index contributed by atoms with van der Waals surface area (Å²) in [7, 11) is 0. The largest absolute Gasteiger partial charge is 0.494 e.